The van der Waals surface area contributed by atoms with Crippen molar-refractivity contribution in [3.63, 3.8) is 0 Å². The maximum absolute atomic E-state index is 4.40. The zero-order valence-electron chi connectivity index (χ0n) is 12.9. The van der Waals surface area contributed by atoms with Crippen molar-refractivity contribution >= 4 is 11.3 Å². The van der Waals surface area contributed by atoms with Crippen LogP contribution in [0, 0.1) is 0 Å². The topological polar surface area (TPSA) is 24.9 Å². The van der Waals surface area contributed by atoms with Gasteiger partial charge in [-0.15, -0.1) is 11.3 Å². The lowest BCUT2D eigenvalue weighted by Crippen LogP contribution is -2.37. The van der Waals surface area contributed by atoms with E-state index < -0.39 is 0 Å². The second kappa shape index (κ2) is 9.49. The van der Waals surface area contributed by atoms with E-state index in [1.807, 2.05) is 6.20 Å². The standard InChI is InChI=1S/C16H30N2S/c1-4-5-6-7-8-9-10-11-12-18-16(2,3)15-17-13-14-19-15/h13-14,18H,4-12H2,1-3H3. The van der Waals surface area contributed by atoms with Crippen molar-refractivity contribution in [3.05, 3.63) is 16.6 Å². The van der Waals surface area contributed by atoms with Gasteiger partial charge in [-0.1, -0.05) is 51.9 Å². The van der Waals surface area contributed by atoms with Gasteiger partial charge in [-0.2, -0.15) is 0 Å². The average molecular weight is 282 g/mol. The number of unbranched alkanes of at least 4 members (excludes halogenated alkanes) is 7. The maximum Gasteiger partial charge on any atom is 0.112 e. The van der Waals surface area contributed by atoms with Gasteiger partial charge >= 0.3 is 0 Å². The van der Waals surface area contributed by atoms with Crippen molar-refractivity contribution in [2.24, 2.45) is 0 Å². The molecule has 2 nitrogen and oxygen atoms in total. The number of aromatic nitrogens is 1. The van der Waals surface area contributed by atoms with Gasteiger partial charge in [0, 0.05) is 11.6 Å². The van der Waals surface area contributed by atoms with Crippen LogP contribution in [-0.4, -0.2) is 11.5 Å². The summed E-state index contributed by atoms with van der Waals surface area (Å²) in [6.07, 6.45) is 12.9. The molecule has 3 heteroatoms. The fraction of sp³-hybridized carbons (Fsp3) is 0.812. The molecule has 1 aromatic rings. The summed E-state index contributed by atoms with van der Waals surface area (Å²) in [6, 6.07) is 0. The third kappa shape index (κ3) is 7.07. The Kier molecular flexibility index (Phi) is 8.31. The van der Waals surface area contributed by atoms with Gasteiger partial charge in [0.05, 0.1) is 5.54 Å². The first-order valence-electron chi connectivity index (χ1n) is 7.82. The molecule has 0 amide bonds. The Morgan fingerprint density at radius 1 is 1.05 bits per heavy atom. The first-order chi connectivity index (χ1) is 9.17. The van der Waals surface area contributed by atoms with Gasteiger partial charge in [0.15, 0.2) is 0 Å². The van der Waals surface area contributed by atoms with Gasteiger partial charge in [-0.3, -0.25) is 0 Å². The van der Waals surface area contributed by atoms with E-state index in [4.69, 9.17) is 0 Å². The molecule has 1 rings (SSSR count). The smallest absolute Gasteiger partial charge is 0.112 e. The minimum atomic E-state index is 0.0231. The fourth-order valence-corrected chi connectivity index (χ4v) is 3.01. The molecule has 0 radical (unpaired) electrons. The molecule has 0 unspecified atom stereocenters. The Labute approximate surface area is 123 Å². The van der Waals surface area contributed by atoms with Gasteiger partial charge in [0.25, 0.3) is 0 Å². The SMILES string of the molecule is CCCCCCCCCCNC(C)(C)c1nccs1. The van der Waals surface area contributed by atoms with Crippen molar-refractivity contribution in [1.82, 2.24) is 10.3 Å². The molecule has 0 fully saturated rings. The van der Waals surface area contributed by atoms with Gasteiger partial charge in [-0.25, -0.2) is 4.98 Å². The second-order valence-electron chi connectivity index (χ2n) is 5.86. The normalized spacial score (nSPS) is 11.9. The molecule has 1 N–H and O–H groups in total. The van der Waals surface area contributed by atoms with Crippen LogP contribution in [0.1, 0.15) is 77.1 Å². The summed E-state index contributed by atoms with van der Waals surface area (Å²) >= 11 is 1.74. The van der Waals surface area contributed by atoms with Gasteiger partial charge in [-0.05, 0) is 26.8 Å². The first-order valence-corrected chi connectivity index (χ1v) is 8.70. The maximum atomic E-state index is 4.40. The molecule has 0 aliphatic carbocycles. The highest BCUT2D eigenvalue weighted by molar-refractivity contribution is 7.09. The number of thiazole rings is 1. The molecule has 19 heavy (non-hydrogen) atoms. The Morgan fingerprint density at radius 2 is 1.68 bits per heavy atom. The highest BCUT2D eigenvalue weighted by atomic mass is 32.1. The van der Waals surface area contributed by atoms with E-state index in [0.717, 1.165) is 6.54 Å². The van der Waals surface area contributed by atoms with Crippen molar-refractivity contribution < 1.29 is 0 Å². The molecule has 0 saturated heterocycles. The molecule has 0 atom stereocenters. The lowest BCUT2D eigenvalue weighted by molar-refractivity contribution is 0.393. The largest absolute Gasteiger partial charge is 0.306 e. The third-order valence-electron chi connectivity index (χ3n) is 3.56. The van der Waals surface area contributed by atoms with Crippen molar-refractivity contribution in [2.45, 2.75) is 77.7 Å². The van der Waals surface area contributed by atoms with Crippen LogP contribution in [0.25, 0.3) is 0 Å². The number of hydrogen-bond donors (Lipinski definition) is 1. The Morgan fingerprint density at radius 3 is 2.26 bits per heavy atom. The monoisotopic (exact) mass is 282 g/mol. The summed E-state index contributed by atoms with van der Waals surface area (Å²) in [4.78, 5) is 4.40. The van der Waals surface area contributed by atoms with Crippen molar-refractivity contribution in [3.8, 4) is 0 Å². The lowest BCUT2D eigenvalue weighted by atomic mass is 10.1. The number of hydrogen-bond acceptors (Lipinski definition) is 3. The van der Waals surface area contributed by atoms with Crippen molar-refractivity contribution in [1.29, 1.82) is 0 Å². The predicted octanol–water partition coefficient (Wildman–Crippen LogP) is 5.11. The van der Waals surface area contributed by atoms with Crippen molar-refractivity contribution in [2.75, 3.05) is 6.54 Å². The molecule has 0 bridgehead atoms. The second-order valence-corrected chi connectivity index (χ2v) is 6.76. The van der Waals surface area contributed by atoms with Gasteiger partial charge < -0.3 is 5.32 Å². The van der Waals surface area contributed by atoms with E-state index in [2.05, 4.69) is 36.5 Å². The van der Waals surface area contributed by atoms with Crippen LogP contribution < -0.4 is 5.32 Å². The quantitative estimate of drug-likeness (QED) is 0.571. The van der Waals surface area contributed by atoms with E-state index >= 15 is 0 Å². The minimum Gasteiger partial charge on any atom is -0.306 e. The average Bonchev–Trinajstić information content (AvgIpc) is 2.91. The van der Waals surface area contributed by atoms with Crippen LogP contribution in [0.5, 0.6) is 0 Å². The summed E-state index contributed by atoms with van der Waals surface area (Å²) in [5.74, 6) is 0. The van der Waals surface area contributed by atoms with Crippen LogP contribution in [0.15, 0.2) is 11.6 Å². The first kappa shape index (κ1) is 16.6. The van der Waals surface area contributed by atoms with E-state index in [0.29, 0.717) is 0 Å². The van der Waals surface area contributed by atoms with Gasteiger partial charge in [0.2, 0.25) is 0 Å². The summed E-state index contributed by atoms with van der Waals surface area (Å²) in [6.45, 7) is 7.81. The minimum absolute atomic E-state index is 0.0231. The van der Waals surface area contributed by atoms with E-state index in [-0.39, 0.29) is 5.54 Å². The van der Waals surface area contributed by atoms with E-state index in [9.17, 15) is 0 Å². The summed E-state index contributed by atoms with van der Waals surface area (Å²) in [5, 5.41) is 6.86. The van der Waals surface area contributed by atoms with Crippen LogP contribution in [0.4, 0.5) is 0 Å². The highest BCUT2D eigenvalue weighted by Gasteiger charge is 2.21. The Balaban J connectivity index is 1.99. The zero-order valence-corrected chi connectivity index (χ0v) is 13.7. The summed E-state index contributed by atoms with van der Waals surface area (Å²) in [7, 11) is 0. The molecule has 1 aromatic heterocycles. The Hall–Kier alpha value is -0.410. The van der Waals surface area contributed by atoms with E-state index in [1.54, 1.807) is 11.3 Å². The molecular formula is C16H30N2S. The Bertz CT molecular complexity index is 307. The predicted molar refractivity (Wildman–Crippen MR) is 85.8 cm³/mol. The molecule has 0 aliphatic rings. The van der Waals surface area contributed by atoms with Crippen LogP contribution in [-0.2, 0) is 5.54 Å². The fourth-order valence-electron chi connectivity index (χ4n) is 2.27. The molecule has 0 aliphatic heterocycles. The number of rotatable bonds is 11. The summed E-state index contributed by atoms with van der Waals surface area (Å²) < 4.78 is 0. The zero-order chi connectivity index (χ0) is 14.0. The number of nitrogens with zero attached hydrogens (tertiary/aromatic N) is 1. The summed E-state index contributed by atoms with van der Waals surface area (Å²) in [5.41, 5.74) is 0.0231. The van der Waals surface area contributed by atoms with Gasteiger partial charge in [0.1, 0.15) is 5.01 Å². The van der Waals surface area contributed by atoms with Crippen LogP contribution >= 0.6 is 11.3 Å². The molecular weight excluding hydrogens is 252 g/mol. The molecule has 0 saturated carbocycles. The number of nitrogens with one attached hydrogen (secondary N) is 1. The molecule has 0 spiro atoms. The molecule has 0 aromatic carbocycles. The highest BCUT2D eigenvalue weighted by Crippen LogP contribution is 2.21. The van der Waals surface area contributed by atoms with E-state index in [1.165, 1.54) is 56.4 Å². The molecule has 1 heterocycles. The lowest BCUT2D eigenvalue weighted by Gasteiger charge is -2.23. The third-order valence-corrected chi connectivity index (χ3v) is 4.66. The van der Waals surface area contributed by atoms with Crippen LogP contribution in [0.2, 0.25) is 0 Å². The van der Waals surface area contributed by atoms with Crippen LogP contribution in [0.3, 0.4) is 0 Å². The molecule has 110 valence electrons.